The van der Waals surface area contributed by atoms with E-state index in [0.29, 0.717) is 12.8 Å². The van der Waals surface area contributed by atoms with E-state index in [4.69, 9.17) is 0 Å². The predicted octanol–water partition coefficient (Wildman–Crippen LogP) is 6.00. The Morgan fingerprint density at radius 3 is 1.27 bits per heavy atom. The third-order valence-electron chi connectivity index (χ3n) is 4.05. The lowest BCUT2D eigenvalue weighted by molar-refractivity contribution is -0.303. The highest BCUT2D eigenvalue weighted by molar-refractivity contribution is 5.26. The standard InChI is InChI=1S/C13H17F9/c1-2-3-4-5-6-7-8-9(14)10(15,16)12(19,20)13(21,22)11(9,17)18/h2-8H2,1H3. The maximum atomic E-state index is 14.0. The molecule has 0 aromatic carbocycles. The highest BCUT2D eigenvalue weighted by Gasteiger charge is 2.99. The monoisotopic (exact) mass is 344 g/mol. The Bertz CT molecular complexity index is 363. The fraction of sp³-hybridized carbons (Fsp3) is 1.00. The Kier molecular flexibility index (Phi) is 5.10. The minimum Gasteiger partial charge on any atom is -0.230 e. The van der Waals surface area contributed by atoms with Gasteiger partial charge in [0.25, 0.3) is 0 Å². The van der Waals surface area contributed by atoms with E-state index < -0.39 is 42.2 Å². The molecule has 0 unspecified atom stereocenters. The molecule has 1 saturated carbocycles. The first-order valence-electron chi connectivity index (χ1n) is 7.01. The van der Waals surface area contributed by atoms with Crippen LogP contribution in [0.25, 0.3) is 0 Å². The summed E-state index contributed by atoms with van der Waals surface area (Å²) in [5.74, 6) is -25.2. The highest BCUT2D eigenvalue weighted by Crippen LogP contribution is 2.70. The van der Waals surface area contributed by atoms with Gasteiger partial charge in [0.05, 0.1) is 0 Å². The number of alkyl halides is 9. The van der Waals surface area contributed by atoms with Gasteiger partial charge >= 0.3 is 23.7 Å². The summed E-state index contributed by atoms with van der Waals surface area (Å²) in [6.07, 6.45) is 0.324. The fourth-order valence-corrected chi connectivity index (χ4v) is 2.55. The maximum absolute atomic E-state index is 14.0. The summed E-state index contributed by atoms with van der Waals surface area (Å²) in [6.45, 7) is 1.88. The summed E-state index contributed by atoms with van der Waals surface area (Å²) in [6, 6.07) is 0. The number of hydrogen-bond acceptors (Lipinski definition) is 0. The van der Waals surface area contributed by atoms with Crippen LogP contribution in [0.1, 0.15) is 51.9 Å². The van der Waals surface area contributed by atoms with Crippen LogP contribution in [-0.2, 0) is 0 Å². The van der Waals surface area contributed by atoms with Crippen molar-refractivity contribution in [1.82, 2.24) is 0 Å². The van der Waals surface area contributed by atoms with E-state index in [1.807, 2.05) is 6.92 Å². The molecule has 0 aromatic rings. The summed E-state index contributed by atoms with van der Waals surface area (Å²) in [5, 5.41) is 0. The van der Waals surface area contributed by atoms with Gasteiger partial charge in [0, 0.05) is 0 Å². The summed E-state index contributed by atoms with van der Waals surface area (Å²) in [7, 11) is 0. The molecule has 1 aliphatic rings. The summed E-state index contributed by atoms with van der Waals surface area (Å²) in [4.78, 5) is 0. The molecule has 0 N–H and O–H groups in total. The first-order valence-corrected chi connectivity index (χ1v) is 7.01. The Balaban J connectivity index is 2.91. The number of rotatable bonds is 7. The molecule has 0 atom stereocenters. The van der Waals surface area contributed by atoms with Gasteiger partial charge in [0.2, 0.25) is 5.67 Å². The van der Waals surface area contributed by atoms with Gasteiger partial charge in [-0.1, -0.05) is 39.0 Å². The third-order valence-corrected chi connectivity index (χ3v) is 4.05. The van der Waals surface area contributed by atoms with E-state index in [1.54, 1.807) is 0 Å². The highest BCUT2D eigenvalue weighted by atomic mass is 19.4. The molecule has 0 aliphatic heterocycles. The first-order chi connectivity index (χ1) is 9.81. The zero-order valence-corrected chi connectivity index (χ0v) is 11.9. The van der Waals surface area contributed by atoms with Gasteiger partial charge in [0.1, 0.15) is 0 Å². The van der Waals surface area contributed by atoms with Gasteiger partial charge in [-0.15, -0.1) is 0 Å². The van der Waals surface area contributed by atoms with Crippen LogP contribution in [0, 0.1) is 0 Å². The summed E-state index contributed by atoms with van der Waals surface area (Å²) >= 11 is 0. The van der Waals surface area contributed by atoms with Crippen molar-refractivity contribution in [2.24, 2.45) is 0 Å². The van der Waals surface area contributed by atoms with Crippen LogP contribution in [0.3, 0.4) is 0 Å². The molecule has 0 saturated heterocycles. The Labute approximate surface area is 122 Å². The van der Waals surface area contributed by atoms with Gasteiger partial charge < -0.3 is 0 Å². The predicted molar refractivity (Wildman–Crippen MR) is 61.6 cm³/mol. The quantitative estimate of drug-likeness (QED) is 0.392. The first kappa shape index (κ1) is 19.4. The van der Waals surface area contributed by atoms with Crippen LogP contribution in [-0.4, -0.2) is 29.4 Å². The Hall–Kier alpha value is -0.630. The second-order valence-corrected chi connectivity index (χ2v) is 5.62. The minimum atomic E-state index is -6.44. The van der Waals surface area contributed by atoms with E-state index in [9.17, 15) is 39.5 Å². The van der Waals surface area contributed by atoms with E-state index in [0.717, 1.165) is 12.8 Å². The Morgan fingerprint density at radius 2 is 0.864 bits per heavy atom. The second kappa shape index (κ2) is 5.78. The van der Waals surface area contributed by atoms with Crippen molar-refractivity contribution >= 4 is 0 Å². The summed E-state index contributed by atoms with van der Waals surface area (Å²) in [5.41, 5.74) is -5.27. The van der Waals surface area contributed by atoms with Gasteiger partial charge in [-0.25, -0.2) is 4.39 Å². The molecule has 0 aromatic heterocycles. The lowest BCUT2D eigenvalue weighted by Crippen LogP contribution is -2.54. The minimum absolute atomic E-state index is 0.0228. The van der Waals surface area contributed by atoms with E-state index >= 15 is 0 Å². The average Bonchev–Trinajstić information content (AvgIpc) is 2.45. The van der Waals surface area contributed by atoms with Crippen molar-refractivity contribution in [3.8, 4) is 0 Å². The van der Waals surface area contributed by atoms with Crippen LogP contribution in [0.5, 0.6) is 0 Å². The largest absolute Gasteiger partial charge is 0.381 e. The molecule has 1 aliphatic carbocycles. The van der Waals surface area contributed by atoms with Crippen molar-refractivity contribution < 1.29 is 39.5 Å². The zero-order valence-electron chi connectivity index (χ0n) is 11.9. The Morgan fingerprint density at radius 1 is 0.500 bits per heavy atom. The number of halogens is 9. The second-order valence-electron chi connectivity index (χ2n) is 5.62. The lowest BCUT2D eigenvalue weighted by atomic mass is 9.90. The van der Waals surface area contributed by atoms with Gasteiger partial charge in [0.15, 0.2) is 0 Å². The molecule has 132 valence electrons. The average molecular weight is 344 g/mol. The van der Waals surface area contributed by atoms with Crippen molar-refractivity contribution in [2.75, 3.05) is 0 Å². The van der Waals surface area contributed by atoms with Crippen LogP contribution in [0.2, 0.25) is 0 Å². The molecule has 0 nitrogen and oxygen atoms in total. The third kappa shape index (κ3) is 2.29. The molecular weight excluding hydrogens is 327 g/mol. The van der Waals surface area contributed by atoms with E-state index in [-0.39, 0.29) is 6.42 Å². The maximum Gasteiger partial charge on any atom is 0.381 e. The molecule has 9 heteroatoms. The van der Waals surface area contributed by atoms with Crippen molar-refractivity contribution in [3.05, 3.63) is 0 Å². The van der Waals surface area contributed by atoms with Crippen LogP contribution in [0.4, 0.5) is 39.5 Å². The zero-order chi connectivity index (χ0) is 17.4. The van der Waals surface area contributed by atoms with Gasteiger partial charge in [-0.2, -0.15) is 35.1 Å². The lowest BCUT2D eigenvalue weighted by Gasteiger charge is -2.30. The molecule has 0 bridgehead atoms. The van der Waals surface area contributed by atoms with Crippen molar-refractivity contribution in [1.29, 1.82) is 0 Å². The van der Waals surface area contributed by atoms with Crippen LogP contribution >= 0.6 is 0 Å². The fourth-order valence-electron chi connectivity index (χ4n) is 2.55. The van der Waals surface area contributed by atoms with Crippen LogP contribution < -0.4 is 0 Å². The van der Waals surface area contributed by atoms with Crippen molar-refractivity contribution in [3.63, 3.8) is 0 Å². The van der Waals surface area contributed by atoms with E-state index in [1.165, 1.54) is 0 Å². The topological polar surface area (TPSA) is 0 Å². The molecule has 22 heavy (non-hydrogen) atoms. The molecule has 1 fully saturated rings. The van der Waals surface area contributed by atoms with Crippen LogP contribution in [0.15, 0.2) is 0 Å². The molecule has 0 radical (unpaired) electrons. The summed E-state index contributed by atoms with van der Waals surface area (Å²) < 4.78 is 119. The SMILES string of the molecule is CCCCCCCCC1(F)C(F)(F)C(F)(F)C(F)(F)C1(F)F. The molecule has 0 heterocycles. The van der Waals surface area contributed by atoms with Gasteiger partial charge in [-0.3, -0.25) is 0 Å². The number of unbranched alkanes of at least 4 members (excludes halogenated alkanes) is 5. The number of hydrogen-bond donors (Lipinski definition) is 0. The van der Waals surface area contributed by atoms with E-state index in [2.05, 4.69) is 0 Å². The van der Waals surface area contributed by atoms with Gasteiger partial charge in [-0.05, 0) is 12.8 Å². The molecule has 1 rings (SSSR count). The molecule has 0 spiro atoms. The van der Waals surface area contributed by atoms with Crippen molar-refractivity contribution in [2.45, 2.75) is 81.2 Å². The normalized spacial score (nSPS) is 27.0. The molecular formula is C13H17F9. The smallest absolute Gasteiger partial charge is 0.230 e. The molecule has 0 amide bonds.